The van der Waals surface area contributed by atoms with Crippen molar-refractivity contribution in [2.45, 2.75) is 32.7 Å². The van der Waals surface area contributed by atoms with E-state index >= 15 is 0 Å². The van der Waals surface area contributed by atoms with Crippen molar-refractivity contribution in [1.29, 1.82) is 0 Å². The van der Waals surface area contributed by atoms with Gasteiger partial charge in [0, 0.05) is 26.6 Å². The fourth-order valence-corrected chi connectivity index (χ4v) is 1.96. The Morgan fingerprint density at radius 3 is 2.94 bits per heavy atom. The van der Waals surface area contributed by atoms with Crippen LogP contribution >= 0.6 is 0 Å². The Hall–Kier alpha value is -1.59. The molecule has 1 saturated heterocycles. The van der Waals surface area contributed by atoms with Crippen LogP contribution in [0.4, 0.5) is 5.95 Å². The van der Waals surface area contributed by atoms with E-state index in [0.717, 1.165) is 19.4 Å². The zero-order valence-electron chi connectivity index (χ0n) is 10.5. The molecule has 17 heavy (non-hydrogen) atoms. The summed E-state index contributed by atoms with van der Waals surface area (Å²) >= 11 is 0. The van der Waals surface area contributed by atoms with Gasteiger partial charge >= 0.3 is 0 Å². The Morgan fingerprint density at radius 2 is 2.24 bits per heavy atom. The molecule has 0 aromatic carbocycles. The Labute approximate surface area is 101 Å². The summed E-state index contributed by atoms with van der Waals surface area (Å²) in [6.45, 7) is 5.37. The van der Waals surface area contributed by atoms with Crippen LogP contribution in [0, 0.1) is 0 Å². The van der Waals surface area contributed by atoms with Gasteiger partial charge in [0.15, 0.2) is 0 Å². The summed E-state index contributed by atoms with van der Waals surface area (Å²) in [5.41, 5.74) is 0. The van der Waals surface area contributed by atoms with E-state index in [4.69, 9.17) is 4.52 Å². The van der Waals surface area contributed by atoms with E-state index in [9.17, 15) is 4.79 Å². The summed E-state index contributed by atoms with van der Waals surface area (Å²) < 4.78 is 5.14. The van der Waals surface area contributed by atoms with Crippen molar-refractivity contribution in [3.63, 3.8) is 0 Å². The average Bonchev–Trinajstić information content (AvgIpc) is 2.75. The van der Waals surface area contributed by atoms with E-state index in [1.807, 2.05) is 18.9 Å². The lowest BCUT2D eigenvalue weighted by Gasteiger charge is -2.36. The maximum Gasteiger partial charge on any atom is 0.266 e. The number of hydrogen-bond acceptors (Lipinski definition) is 5. The average molecular weight is 238 g/mol. The van der Waals surface area contributed by atoms with Crippen LogP contribution in [0.25, 0.3) is 0 Å². The van der Waals surface area contributed by atoms with E-state index in [1.54, 1.807) is 4.90 Å². The monoisotopic (exact) mass is 238 g/mol. The second kappa shape index (κ2) is 4.73. The van der Waals surface area contributed by atoms with Gasteiger partial charge < -0.3 is 14.3 Å². The second-order valence-corrected chi connectivity index (χ2v) is 4.37. The maximum absolute atomic E-state index is 11.8. The smallest absolute Gasteiger partial charge is 0.266 e. The molecule has 1 aromatic rings. The number of nitrogens with zero attached hydrogens (tertiary/aromatic N) is 4. The number of anilines is 1. The van der Waals surface area contributed by atoms with Crippen molar-refractivity contribution >= 4 is 11.9 Å². The fourth-order valence-electron chi connectivity index (χ4n) is 1.96. The molecule has 0 bridgehead atoms. The van der Waals surface area contributed by atoms with Crippen LogP contribution in [0.1, 0.15) is 26.2 Å². The first-order chi connectivity index (χ1) is 8.13. The lowest BCUT2D eigenvalue weighted by molar-refractivity contribution is -0.132. The highest BCUT2D eigenvalue weighted by atomic mass is 16.5. The second-order valence-electron chi connectivity index (χ2n) is 4.37. The minimum atomic E-state index is -0.221. The van der Waals surface area contributed by atoms with Crippen molar-refractivity contribution in [2.75, 3.05) is 25.0 Å². The minimum absolute atomic E-state index is 0.0955. The topological polar surface area (TPSA) is 62.5 Å². The number of aryl methyl sites for hydroxylation is 1. The van der Waals surface area contributed by atoms with E-state index < -0.39 is 0 Å². The zero-order chi connectivity index (χ0) is 12.4. The number of aromatic nitrogens is 2. The van der Waals surface area contributed by atoms with Crippen LogP contribution in [0.15, 0.2) is 4.52 Å². The first-order valence-corrected chi connectivity index (χ1v) is 5.97. The van der Waals surface area contributed by atoms with E-state index in [-0.39, 0.29) is 11.9 Å². The summed E-state index contributed by atoms with van der Waals surface area (Å²) in [7, 11) is 1.81. The van der Waals surface area contributed by atoms with Crippen LogP contribution in [0.5, 0.6) is 0 Å². The van der Waals surface area contributed by atoms with E-state index in [2.05, 4.69) is 17.1 Å². The fraction of sp³-hybridized carbons (Fsp3) is 0.727. The first kappa shape index (κ1) is 11.9. The summed E-state index contributed by atoms with van der Waals surface area (Å²) in [6.07, 6.45) is 1.75. The molecule has 1 atom stereocenters. The van der Waals surface area contributed by atoms with Gasteiger partial charge in [-0.25, -0.2) is 0 Å². The van der Waals surface area contributed by atoms with E-state index in [1.165, 1.54) is 0 Å². The number of carbonyl (C=O) groups excluding carboxylic acids is 1. The van der Waals surface area contributed by atoms with Crippen molar-refractivity contribution < 1.29 is 9.32 Å². The number of likely N-dealkylation sites (N-methyl/N-ethyl adjacent to an activating group) is 1. The molecule has 2 heterocycles. The summed E-state index contributed by atoms with van der Waals surface area (Å²) in [4.78, 5) is 19.8. The lowest BCUT2D eigenvalue weighted by Crippen LogP contribution is -2.54. The maximum atomic E-state index is 11.8. The van der Waals surface area contributed by atoms with Crippen molar-refractivity contribution in [3.05, 3.63) is 5.89 Å². The molecule has 1 aliphatic rings. The molecule has 0 radical (unpaired) electrons. The Bertz CT molecular complexity index is 404. The van der Waals surface area contributed by atoms with Gasteiger partial charge in [0.05, 0.1) is 0 Å². The van der Waals surface area contributed by atoms with Crippen molar-refractivity contribution in [3.8, 4) is 0 Å². The highest BCUT2D eigenvalue weighted by molar-refractivity contribution is 5.85. The molecule has 6 heteroatoms. The first-order valence-electron chi connectivity index (χ1n) is 5.97. The molecule has 6 nitrogen and oxygen atoms in total. The predicted molar refractivity (Wildman–Crippen MR) is 62.7 cm³/mol. The van der Waals surface area contributed by atoms with Crippen LogP contribution < -0.4 is 4.90 Å². The summed E-state index contributed by atoms with van der Waals surface area (Å²) in [5, 5.41) is 3.94. The van der Waals surface area contributed by atoms with Gasteiger partial charge in [0.1, 0.15) is 6.04 Å². The molecule has 1 fully saturated rings. The van der Waals surface area contributed by atoms with Crippen LogP contribution in [0.3, 0.4) is 0 Å². The van der Waals surface area contributed by atoms with Crippen molar-refractivity contribution in [1.82, 2.24) is 15.0 Å². The van der Waals surface area contributed by atoms with Crippen LogP contribution in [0.2, 0.25) is 0 Å². The van der Waals surface area contributed by atoms with Crippen LogP contribution in [-0.4, -0.2) is 47.1 Å². The Balaban J connectivity index is 2.13. The molecular formula is C11H18N4O2. The lowest BCUT2D eigenvalue weighted by atomic mass is 10.2. The minimum Gasteiger partial charge on any atom is -0.342 e. The molecule has 0 saturated carbocycles. The normalized spacial score (nSPS) is 21.1. The molecule has 0 spiro atoms. The quantitative estimate of drug-likeness (QED) is 0.775. The van der Waals surface area contributed by atoms with Crippen LogP contribution in [-0.2, 0) is 11.2 Å². The van der Waals surface area contributed by atoms with Gasteiger partial charge in [-0.05, 0) is 18.5 Å². The zero-order valence-corrected chi connectivity index (χ0v) is 10.5. The summed E-state index contributed by atoms with van der Waals surface area (Å²) in [5.74, 6) is 1.27. The number of hydrogen-bond donors (Lipinski definition) is 0. The molecule has 2 rings (SSSR count). The standard InChI is InChI=1S/C11H18N4O2/c1-4-5-9-12-11(13-17-9)15-7-6-14(3)10(16)8(15)2/h8H,4-7H2,1-3H3. The molecule has 0 aliphatic carbocycles. The van der Waals surface area contributed by atoms with Gasteiger partial charge in [-0.15, -0.1) is 0 Å². The Kier molecular flexibility index (Phi) is 3.31. The third-order valence-electron chi connectivity index (χ3n) is 3.06. The molecule has 0 N–H and O–H groups in total. The molecule has 1 aliphatic heterocycles. The predicted octanol–water partition coefficient (Wildman–Crippen LogP) is 0.689. The highest BCUT2D eigenvalue weighted by Gasteiger charge is 2.31. The number of rotatable bonds is 3. The highest BCUT2D eigenvalue weighted by Crippen LogP contribution is 2.17. The summed E-state index contributed by atoms with van der Waals surface area (Å²) in [6, 6.07) is -0.221. The molecular weight excluding hydrogens is 220 g/mol. The van der Waals surface area contributed by atoms with E-state index in [0.29, 0.717) is 18.4 Å². The number of amides is 1. The van der Waals surface area contributed by atoms with Crippen molar-refractivity contribution in [2.24, 2.45) is 0 Å². The van der Waals surface area contributed by atoms with Gasteiger partial charge in [-0.2, -0.15) is 4.98 Å². The SMILES string of the molecule is CCCc1nc(N2CCN(C)C(=O)C2C)no1. The third-order valence-corrected chi connectivity index (χ3v) is 3.06. The Morgan fingerprint density at radius 1 is 1.47 bits per heavy atom. The van der Waals surface area contributed by atoms with Gasteiger partial charge in [0.2, 0.25) is 11.8 Å². The molecule has 94 valence electrons. The van der Waals surface area contributed by atoms with Gasteiger partial charge in [-0.1, -0.05) is 6.92 Å². The number of carbonyl (C=O) groups is 1. The molecule has 1 unspecified atom stereocenters. The molecule has 1 aromatic heterocycles. The number of piperazine rings is 1. The van der Waals surface area contributed by atoms with Gasteiger partial charge in [0.25, 0.3) is 5.95 Å². The third kappa shape index (κ3) is 2.25. The molecule has 1 amide bonds. The van der Waals surface area contributed by atoms with Gasteiger partial charge in [-0.3, -0.25) is 4.79 Å². The largest absolute Gasteiger partial charge is 0.342 e.